The van der Waals surface area contributed by atoms with Crippen molar-refractivity contribution in [2.45, 2.75) is 33.4 Å². The molecule has 0 fully saturated rings. The van der Waals surface area contributed by atoms with Gasteiger partial charge in [-0.3, -0.25) is 4.99 Å². The maximum absolute atomic E-state index is 6.00. The number of hydrogen-bond acceptors (Lipinski definition) is 4. The highest BCUT2D eigenvalue weighted by molar-refractivity contribution is 5.79. The SMILES string of the molecule is CN=C(NCc1ccccc1-n1nc(C)cc1C)NCC(C)Oc1ccccc1OC. The second-order valence-electron chi connectivity index (χ2n) is 7.35. The second kappa shape index (κ2) is 10.5. The molecule has 0 bridgehead atoms. The van der Waals surface area contributed by atoms with Gasteiger partial charge in [0.15, 0.2) is 17.5 Å². The fraction of sp³-hybridized carbons (Fsp3) is 0.333. The predicted molar refractivity (Wildman–Crippen MR) is 124 cm³/mol. The van der Waals surface area contributed by atoms with E-state index in [0.717, 1.165) is 34.1 Å². The number of rotatable bonds is 8. The zero-order valence-corrected chi connectivity index (χ0v) is 18.8. The van der Waals surface area contributed by atoms with E-state index in [9.17, 15) is 0 Å². The fourth-order valence-corrected chi connectivity index (χ4v) is 3.35. The third kappa shape index (κ3) is 5.78. The van der Waals surface area contributed by atoms with Crippen LogP contribution in [0.25, 0.3) is 5.69 Å². The molecule has 164 valence electrons. The van der Waals surface area contributed by atoms with Crippen LogP contribution in [0.5, 0.6) is 11.5 Å². The summed E-state index contributed by atoms with van der Waals surface area (Å²) in [4.78, 5) is 4.33. The molecule has 31 heavy (non-hydrogen) atoms. The van der Waals surface area contributed by atoms with Crippen molar-refractivity contribution in [1.82, 2.24) is 20.4 Å². The van der Waals surface area contributed by atoms with Crippen LogP contribution in [-0.2, 0) is 6.54 Å². The van der Waals surface area contributed by atoms with Crippen molar-refractivity contribution < 1.29 is 9.47 Å². The third-order valence-electron chi connectivity index (χ3n) is 4.85. The van der Waals surface area contributed by atoms with Crippen LogP contribution >= 0.6 is 0 Å². The molecule has 1 aromatic heterocycles. The van der Waals surface area contributed by atoms with Crippen molar-refractivity contribution >= 4 is 5.96 Å². The van der Waals surface area contributed by atoms with Crippen LogP contribution in [0.2, 0.25) is 0 Å². The molecule has 7 nitrogen and oxygen atoms in total. The monoisotopic (exact) mass is 421 g/mol. The summed E-state index contributed by atoms with van der Waals surface area (Å²) in [6, 6.07) is 17.9. The highest BCUT2D eigenvalue weighted by Gasteiger charge is 2.11. The predicted octanol–water partition coefficient (Wildman–Crippen LogP) is 3.63. The molecular formula is C24H31N5O2. The lowest BCUT2D eigenvalue weighted by atomic mass is 10.1. The summed E-state index contributed by atoms with van der Waals surface area (Å²) in [5.74, 6) is 2.15. The number of benzene rings is 2. The lowest BCUT2D eigenvalue weighted by Gasteiger charge is -2.19. The molecule has 1 heterocycles. The Labute approximate surface area is 184 Å². The van der Waals surface area contributed by atoms with Gasteiger partial charge >= 0.3 is 0 Å². The molecule has 7 heteroatoms. The summed E-state index contributed by atoms with van der Waals surface area (Å²) < 4.78 is 13.3. The van der Waals surface area contributed by atoms with Gasteiger partial charge in [0.1, 0.15) is 6.10 Å². The summed E-state index contributed by atoms with van der Waals surface area (Å²) in [5, 5.41) is 11.3. The summed E-state index contributed by atoms with van der Waals surface area (Å²) in [5.41, 5.74) is 4.30. The Morgan fingerprint density at radius 1 is 1.06 bits per heavy atom. The van der Waals surface area contributed by atoms with Crippen molar-refractivity contribution in [3.8, 4) is 17.2 Å². The molecule has 3 rings (SSSR count). The standard InChI is InChI=1S/C24H31N5O2/c1-17-14-18(2)29(28-17)21-11-7-6-10-20(21)16-27-24(25-4)26-15-19(3)31-23-13-9-8-12-22(23)30-5/h6-14,19H,15-16H2,1-5H3,(H2,25,26,27). The molecule has 2 aromatic carbocycles. The molecule has 0 aliphatic heterocycles. The van der Waals surface area contributed by atoms with Gasteiger partial charge in [0.05, 0.1) is 25.0 Å². The van der Waals surface area contributed by atoms with E-state index >= 15 is 0 Å². The van der Waals surface area contributed by atoms with E-state index < -0.39 is 0 Å². The number of nitrogens with zero attached hydrogens (tertiary/aromatic N) is 3. The van der Waals surface area contributed by atoms with Gasteiger partial charge in [-0.05, 0) is 50.6 Å². The van der Waals surface area contributed by atoms with Gasteiger partial charge < -0.3 is 20.1 Å². The Balaban J connectivity index is 1.59. The number of methoxy groups -OCH3 is 1. The van der Waals surface area contributed by atoms with Crippen molar-refractivity contribution in [1.29, 1.82) is 0 Å². The van der Waals surface area contributed by atoms with E-state index in [1.807, 2.05) is 54.9 Å². The van der Waals surface area contributed by atoms with E-state index in [0.29, 0.717) is 19.0 Å². The first-order chi connectivity index (χ1) is 15.0. The minimum Gasteiger partial charge on any atom is -0.493 e. The van der Waals surface area contributed by atoms with Gasteiger partial charge in [-0.15, -0.1) is 0 Å². The Morgan fingerprint density at radius 3 is 2.45 bits per heavy atom. The van der Waals surface area contributed by atoms with E-state index in [1.165, 1.54) is 0 Å². The molecule has 1 unspecified atom stereocenters. The van der Waals surface area contributed by atoms with Gasteiger partial charge in [-0.2, -0.15) is 5.10 Å². The Morgan fingerprint density at radius 2 is 1.77 bits per heavy atom. The van der Waals surface area contributed by atoms with E-state index in [1.54, 1.807) is 14.2 Å². The van der Waals surface area contributed by atoms with Crippen molar-refractivity contribution in [2.24, 2.45) is 4.99 Å². The van der Waals surface area contributed by atoms with Crippen molar-refractivity contribution in [3.05, 3.63) is 71.5 Å². The largest absolute Gasteiger partial charge is 0.493 e. The lowest BCUT2D eigenvalue weighted by molar-refractivity contribution is 0.213. The lowest BCUT2D eigenvalue weighted by Crippen LogP contribution is -2.41. The van der Waals surface area contributed by atoms with Gasteiger partial charge in [-0.1, -0.05) is 30.3 Å². The molecule has 0 radical (unpaired) electrons. The van der Waals surface area contributed by atoms with Gasteiger partial charge in [-0.25, -0.2) is 4.68 Å². The molecule has 0 saturated carbocycles. The van der Waals surface area contributed by atoms with Crippen LogP contribution < -0.4 is 20.1 Å². The number of para-hydroxylation sites is 3. The number of aryl methyl sites for hydroxylation is 2. The number of aromatic nitrogens is 2. The van der Waals surface area contributed by atoms with Crippen LogP contribution in [-0.4, -0.2) is 42.5 Å². The Hall–Kier alpha value is -3.48. The first-order valence-electron chi connectivity index (χ1n) is 10.4. The zero-order valence-electron chi connectivity index (χ0n) is 18.8. The third-order valence-corrected chi connectivity index (χ3v) is 4.85. The molecular weight excluding hydrogens is 390 g/mol. The highest BCUT2D eigenvalue weighted by Crippen LogP contribution is 2.26. The summed E-state index contributed by atoms with van der Waals surface area (Å²) >= 11 is 0. The van der Waals surface area contributed by atoms with Gasteiger partial charge in [0.2, 0.25) is 0 Å². The quantitative estimate of drug-likeness (QED) is 0.429. The van der Waals surface area contributed by atoms with E-state index in [-0.39, 0.29) is 6.10 Å². The highest BCUT2D eigenvalue weighted by atomic mass is 16.5. The van der Waals surface area contributed by atoms with Crippen LogP contribution in [0, 0.1) is 13.8 Å². The smallest absolute Gasteiger partial charge is 0.191 e. The number of hydrogen-bond donors (Lipinski definition) is 2. The fourth-order valence-electron chi connectivity index (χ4n) is 3.35. The minimum atomic E-state index is -0.0724. The van der Waals surface area contributed by atoms with E-state index in [2.05, 4.69) is 45.8 Å². The maximum Gasteiger partial charge on any atom is 0.191 e. The molecule has 0 amide bonds. The van der Waals surface area contributed by atoms with Crippen LogP contribution in [0.1, 0.15) is 23.9 Å². The first kappa shape index (κ1) is 22.2. The average molecular weight is 422 g/mol. The van der Waals surface area contributed by atoms with Crippen LogP contribution in [0.3, 0.4) is 0 Å². The van der Waals surface area contributed by atoms with Crippen molar-refractivity contribution in [2.75, 3.05) is 20.7 Å². The normalized spacial score (nSPS) is 12.4. The van der Waals surface area contributed by atoms with Crippen LogP contribution in [0.15, 0.2) is 59.6 Å². The topological polar surface area (TPSA) is 72.7 Å². The summed E-state index contributed by atoms with van der Waals surface area (Å²) in [7, 11) is 3.40. The molecule has 0 aliphatic carbocycles. The molecule has 0 spiro atoms. The second-order valence-corrected chi connectivity index (χ2v) is 7.35. The molecule has 3 aromatic rings. The number of aliphatic imine (C=N–C) groups is 1. The van der Waals surface area contributed by atoms with E-state index in [4.69, 9.17) is 9.47 Å². The number of ether oxygens (including phenoxy) is 2. The summed E-state index contributed by atoms with van der Waals surface area (Å²) in [6.07, 6.45) is -0.0724. The minimum absolute atomic E-state index is 0.0724. The van der Waals surface area contributed by atoms with Gasteiger partial charge in [0.25, 0.3) is 0 Å². The average Bonchev–Trinajstić information content (AvgIpc) is 3.12. The van der Waals surface area contributed by atoms with Gasteiger partial charge in [0, 0.05) is 19.3 Å². The van der Waals surface area contributed by atoms with Crippen molar-refractivity contribution in [3.63, 3.8) is 0 Å². The molecule has 0 aliphatic rings. The number of nitrogens with one attached hydrogen (secondary N) is 2. The summed E-state index contributed by atoms with van der Waals surface area (Å²) in [6.45, 7) is 7.29. The Bertz CT molecular complexity index is 1030. The zero-order chi connectivity index (χ0) is 22.2. The molecule has 0 saturated heterocycles. The Kier molecular flexibility index (Phi) is 7.54. The molecule has 2 N–H and O–H groups in total. The molecule has 1 atom stereocenters. The number of guanidine groups is 1. The maximum atomic E-state index is 6.00. The van der Waals surface area contributed by atoms with Crippen LogP contribution in [0.4, 0.5) is 0 Å². The first-order valence-corrected chi connectivity index (χ1v) is 10.4.